The lowest BCUT2D eigenvalue weighted by atomic mass is 9.93. The van der Waals surface area contributed by atoms with Crippen LogP contribution in [0, 0.1) is 5.92 Å². The van der Waals surface area contributed by atoms with Crippen molar-refractivity contribution in [1.82, 2.24) is 4.31 Å². The Balaban J connectivity index is 2.23. The molecule has 1 saturated heterocycles. The lowest BCUT2D eigenvalue weighted by Crippen LogP contribution is -2.36. The summed E-state index contributed by atoms with van der Waals surface area (Å²) >= 11 is 0. The van der Waals surface area contributed by atoms with Crippen molar-refractivity contribution >= 4 is 15.7 Å². The van der Waals surface area contributed by atoms with Crippen LogP contribution in [-0.4, -0.2) is 46.5 Å². The Kier molecular flexibility index (Phi) is 5.24. The van der Waals surface area contributed by atoms with Crippen LogP contribution in [-0.2, 0) is 10.0 Å². The first kappa shape index (κ1) is 16.3. The van der Waals surface area contributed by atoms with Gasteiger partial charge in [-0.3, -0.25) is 0 Å². The first-order valence-electron chi connectivity index (χ1n) is 7.43. The van der Waals surface area contributed by atoms with Gasteiger partial charge in [0.1, 0.15) is 4.90 Å². The number of para-hydroxylation sites is 1. The highest BCUT2D eigenvalue weighted by molar-refractivity contribution is 7.89. The average Bonchev–Trinajstić information content (AvgIpc) is 2.48. The molecule has 0 spiro atoms. The monoisotopic (exact) mass is 311 g/mol. The summed E-state index contributed by atoms with van der Waals surface area (Å²) in [6.45, 7) is 2.52. The highest BCUT2D eigenvalue weighted by Crippen LogP contribution is 2.30. The Labute approximate surface area is 127 Å². The third-order valence-electron chi connectivity index (χ3n) is 4.15. The van der Waals surface area contributed by atoms with Crippen LogP contribution in [0.1, 0.15) is 19.3 Å². The number of nitrogens with zero attached hydrogens (tertiary/aromatic N) is 2. The number of rotatable bonds is 5. The van der Waals surface area contributed by atoms with Crippen LogP contribution < -0.4 is 10.6 Å². The number of nitrogens with two attached hydrogens (primary N) is 1. The second-order valence-corrected chi connectivity index (χ2v) is 7.88. The maximum atomic E-state index is 12.4. The van der Waals surface area contributed by atoms with Crippen LogP contribution in [0.3, 0.4) is 0 Å². The van der Waals surface area contributed by atoms with Crippen LogP contribution in [0.15, 0.2) is 29.2 Å². The smallest absolute Gasteiger partial charge is 0.244 e. The van der Waals surface area contributed by atoms with E-state index in [2.05, 4.69) is 4.90 Å². The summed E-state index contributed by atoms with van der Waals surface area (Å²) in [6, 6.07) is 7.27. The third-order valence-corrected chi connectivity index (χ3v) is 6.02. The number of hydrogen-bond donors (Lipinski definition) is 1. The lowest BCUT2D eigenvalue weighted by Gasteiger charge is -2.34. The van der Waals surface area contributed by atoms with Crippen LogP contribution >= 0.6 is 0 Å². The van der Waals surface area contributed by atoms with E-state index < -0.39 is 10.0 Å². The quantitative estimate of drug-likeness (QED) is 0.895. The van der Waals surface area contributed by atoms with Gasteiger partial charge in [-0.05, 0) is 43.9 Å². The number of benzene rings is 1. The molecule has 1 fully saturated rings. The first-order valence-corrected chi connectivity index (χ1v) is 8.87. The van der Waals surface area contributed by atoms with Gasteiger partial charge in [-0.1, -0.05) is 12.1 Å². The largest absolute Gasteiger partial charge is 0.370 e. The minimum Gasteiger partial charge on any atom is -0.370 e. The van der Waals surface area contributed by atoms with E-state index in [9.17, 15) is 8.42 Å². The molecule has 21 heavy (non-hydrogen) atoms. The molecule has 0 amide bonds. The fourth-order valence-corrected chi connectivity index (χ4v) is 3.94. The molecule has 0 aromatic heterocycles. The van der Waals surface area contributed by atoms with Gasteiger partial charge in [0.2, 0.25) is 10.0 Å². The fourth-order valence-electron chi connectivity index (χ4n) is 2.83. The maximum absolute atomic E-state index is 12.4. The molecule has 1 heterocycles. The predicted molar refractivity (Wildman–Crippen MR) is 85.9 cm³/mol. The van der Waals surface area contributed by atoms with E-state index in [0.717, 1.165) is 44.6 Å². The molecule has 0 aliphatic carbocycles. The molecule has 1 aromatic rings. The van der Waals surface area contributed by atoms with Crippen molar-refractivity contribution in [2.45, 2.75) is 24.2 Å². The maximum Gasteiger partial charge on any atom is 0.244 e. The van der Waals surface area contributed by atoms with Crippen LogP contribution in [0.5, 0.6) is 0 Å². The summed E-state index contributed by atoms with van der Waals surface area (Å²) in [5.41, 5.74) is 6.44. The minimum atomic E-state index is -3.41. The van der Waals surface area contributed by atoms with Gasteiger partial charge < -0.3 is 10.6 Å². The van der Waals surface area contributed by atoms with Crippen LogP contribution in [0.2, 0.25) is 0 Å². The van der Waals surface area contributed by atoms with Gasteiger partial charge >= 0.3 is 0 Å². The highest BCUT2D eigenvalue weighted by atomic mass is 32.2. The molecule has 2 rings (SSSR count). The topological polar surface area (TPSA) is 66.6 Å². The zero-order valence-electron chi connectivity index (χ0n) is 12.8. The van der Waals surface area contributed by atoms with Gasteiger partial charge in [0, 0.05) is 27.2 Å². The second kappa shape index (κ2) is 6.77. The molecule has 0 saturated carbocycles. The standard InChI is InChI=1S/C15H25N3O2S/c1-17(2)21(19,20)15-6-4-3-5-14(15)18-11-8-13(7-10-16)9-12-18/h3-6,13H,7-12,16H2,1-2H3. The van der Waals surface area contributed by atoms with E-state index in [0.29, 0.717) is 10.8 Å². The summed E-state index contributed by atoms with van der Waals surface area (Å²) in [6.07, 6.45) is 3.21. The molecule has 6 heteroatoms. The van der Waals surface area contributed by atoms with E-state index in [4.69, 9.17) is 5.73 Å². The van der Waals surface area contributed by atoms with Gasteiger partial charge in [0.25, 0.3) is 0 Å². The van der Waals surface area contributed by atoms with Crippen molar-refractivity contribution in [2.75, 3.05) is 38.6 Å². The molecule has 0 unspecified atom stereocenters. The number of sulfonamides is 1. The molecule has 1 aromatic carbocycles. The molecule has 5 nitrogen and oxygen atoms in total. The molecular formula is C15H25N3O2S. The Morgan fingerprint density at radius 3 is 2.43 bits per heavy atom. The molecule has 0 radical (unpaired) electrons. The Morgan fingerprint density at radius 1 is 1.24 bits per heavy atom. The summed E-state index contributed by atoms with van der Waals surface area (Å²) in [5, 5.41) is 0. The summed E-state index contributed by atoms with van der Waals surface area (Å²) in [7, 11) is -0.271. The summed E-state index contributed by atoms with van der Waals surface area (Å²) < 4.78 is 26.2. The van der Waals surface area contributed by atoms with Gasteiger partial charge in [0.05, 0.1) is 5.69 Å². The SMILES string of the molecule is CN(C)S(=O)(=O)c1ccccc1N1CCC(CCN)CC1. The lowest BCUT2D eigenvalue weighted by molar-refractivity contribution is 0.385. The minimum absolute atomic E-state index is 0.396. The van der Waals surface area contributed by atoms with Crippen molar-refractivity contribution in [3.63, 3.8) is 0 Å². The van der Waals surface area contributed by atoms with E-state index in [1.54, 1.807) is 26.2 Å². The van der Waals surface area contributed by atoms with Gasteiger partial charge in [-0.15, -0.1) is 0 Å². The normalized spacial score (nSPS) is 17.4. The van der Waals surface area contributed by atoms with E-state index in [1.807, 2.05) is 12.1 Å². The second-order valence-electron chi connectivity index (χ2n) is 5.76. The van der Waals surface area contributed by atoms with Crippen molar-refractivity contribution in [3.05, 3.63) is 24.3 Å². The van der Waals surface area contributed by atoms with Crippen molar-refractivity contribution < 1.29 is 8.42 Å². The van der Waals surface area contributed by atoms with Crippen LogP contribution in [0.25, 0.3) is 0 Å². The number of anilines is 1. The first-order chi connectivity index (χ1) is 9.96. The van der Waals surface area contributed by atoms with E-state index in [-0.39, 0.29) is 0 Å². The summed E-state index contributed by atoms with van der Waals surface area (Å²) in [4.78, 5) is 2.58. The van der Waals surface area contributed by atoms with Gasteiger partial charge in [0.15, 0.2) is 0 Å². The average molecular weight is 311 g/mol. The Bertz CT molecular complexity index is 564. The third kappa shape index (κ3) is 3.56. The molecular weight excluding hydrogens is 286 g/mol. The van der Waals surface area contributed by atoms with Crippen molar-refractivity contribution in [1.29, 1.82) is 0 Å². The Morgan fingerprint density at radius 2 is 1.86 bits per heavy atom. The van der Waals surface area contributed by atoms with E-state index in [1.165, 1.54) is 4.31 Å². The molecule has 2 N–H and O–H groups in total. The molecule has 0 bridgehead atoms. The molecule has 1 aliphatic heterocycles. The molecule has 0 atom stereocenters. The molecule has 118 valence electrons. The Hall–Kier alpha value is -1.11. The zero-order chi connectivity index (χ0) is 15.5. The van der Waals surface area contributed by atoms with Crippen LogP contribution in [0.4, 0.5) is 5.69 Å². The predicted octanol–water partition coefficient (Wildman–Crippen LogP) is 1.50. The van der Waals surface area contributed by atoms with E-state index >= 15 is 0 Å². The van der Waals surface area contributed by atoms with Crippen molar-refractivity contribution in [2.24, 2.45) is 11.7 Å². The summed E-state index contributed by atoms with van der Waals surface area (Å²) in [5.74, 6) is 0.670. The number of piperidine rings is 1. The fraction of sp³-hybridized carbons (Fsp3) is 0.600. The molecule has 1 aliphatic rings. The van der Waals surface area contributed by atoms with Crippen molar-refractivity contribution in [3.8, 4) is 0 Å². The zero-order valence-corrected chi connectivity index (χ0v) is 13.6. The van der Waals surface area contributed by atoms with Gasteiger partial charge in [-0.2, -0.15) is 0 Å². The van der Waals surface area contributed by atoms with Gasteiger partial charge in [-0.25, -0.2) is 12.7 Å². The highest BCUT2D eigenvalue weighted by Gasteiger charge is 2.26. The number of hydrogen-bond acceptors (Lipinski definition) is 4.